The molecular weight excluding hydrogens is 366 g/mol. The molecule has 2 fully saturated rings. The molecule has 0 atom stereocenters. The number of nitrogens with one attached hydrogen (secondary N) is 1. The molecule has 0 radical (unpaired) electrons. The van der Waals surface area contributed by atoms with Crippen LogP contribution in [0.5, 0.6) is 0 Å². The first kappa shape index (κ1) is 19.9. The van der Waals surface area contributed by atoms with Crippen LogP contribution in [0.25, 0.3) is 0 Å². The fourth-order valence-electron chi connectivity index (χ4n) is 3.71. The minimum absolute atomic E-state index is 0.0454. The summed E-state index contributed by atoms with van der Waals surface area (Å²) in [5, 5.41) is 3.02. The molecule has 2 aliphatic rings. The molecule has 1 N–H and O–H groups in total. The summed E-state index contributed by atoms with van der Waals surface area (Å²) < 4.78 is 10.8. The number of carbonyl (C=O) groups is 1. The van der Waals surface area contributed by atoms with Gasteiger partial charge >= 0.3 is 0 Å². The third-order valence-corrected chi connectivity index (χ3v) is 5.49. The van der Waals surface area contributed by atoms with Crippen LogP contribution in [0, 0.1) is 0 Å². The van der Waals surface area contributed by atoms with Gasteiger partial charge in [-0.05, 0) is 35.4 Å². The highest BCUT2D eigenvalue weighted by molar-refractivity contribution is 5.94. The van der Waals surface area contributed by atoms with E-state index < -0.39 is 0 Å². The van der Waals surface area contributed by atoms with Crippen LogP contribution in [0.4, 0.5) is 5.69 Å². The van der Waals surface area contributed by atoms with Crippen molar-refractivity contribution in [1.29, 1.82) is 0 Å². The van der Waals surface area contributed by atoms with Gasteiger partial charge in [-0.2, -0.15) is 0 Å². The van der Waals surface area contributed by atoms with Crippen molar-refractivity contribution in [2.24, 2.45) is 0 Å². The molecule has 2 aromatic carbocycles. The van der Waals surface area contributed by atoms with E-state index in [9.17, 15) is 4.79 Å². The predicted octanol–water partition coefficient (Wildman–Crippen LogP) is 2.29. The molecule has 2 heterocycles. The Balaban J connectivity index is 1.26. The summed E-state index contributed by atoms with van der Waals surface area (Å²) in [6, 6.07) is 16.3. The van der Waals surface area contributed by atoms with Crippen LogP contribution >= 0.6 is 0 Å². The molecule has 0 aromatic heterocycles. The van der Waals surface area contributed by atoms with Crippen LogP contribution in [0.3, 0.4) is 0 Å². The molecule has 4 rings (SSSR count). The van der Waals surface area contributed by atoms with E-state index in [4.69, 9.17) is 9.47 Å². The van der Waals surface area contributed by atoms with Gasteiger partial charge < -0.3 is 19.7 Å². The van der Waals surface area contributed by atoms with Gasteiger partial charge in [0.1, 0.15) is 0 Å². The number of anilines is 1. The first-order chi connectivity index (χ1) is 14.3. The molecule has 2 aliphatic heterocycles. The average Bonchev–Trinajstić information content (AvgIpc) is 2.80. The van der Waals surface area contributed by atoms with E-state index in [1.165, 1.54) is 5.56 Å². The minimum Gasteiger partial charge on any atom is -0.379 e. The molecule has 6 heteroatoms. The van der Waals surface area contributed by atoms with E-state index in [1.54, 1.807) is 0 Å². The van der Waals surface area contributed by atoms with Gasteiger partial charge in [0, 0.05) is 50.5 Å². The van der Waals surface area contributed by atoms with E-state index >= 15 is 0 Å². The zero-order chi connectivity index (χ0) is 19.9. The number of hydrogen-bond donors (Lipinski definition) is 1. The van der Waals surface area contributed by atoms with Gasteiger partial charge in [0.25, 0.3) is 5.91 Å². The van der Waals surface area contributed by atoms with Crippen LogP contribution < -0.4 is 10.2 Å². The van der Waals surface area contributed by atoms with E-state index in [-0.39, 0.29) is 5.91 Å². The Kier molecular flexibility index (Phi) is 6.77. The molecule has 6 nitrogen and oxygen atoms in total. The maximum atomic E-state index is 12.5. The number of ether oxygens (including phenoxy) is 2. The minimum atomic E-state index is -0.0454. The molecule has 154 valence electrons. The Labute approximate surface area is 172 Å². The average molecular weight is 396 g/mol. The molecular formula is C23H29N3O3. The van der Waals surface area contributed by atoms with Gasteiger partial charge in [-0.3, -0.25) is 9.69 Å². The van der Waals surface area contributed by atoms with Crippen LogP contribution in [0.1, 0.15) is 21.5 Å². The second kappa shape index (κ2) is 9.87. The summed E-state index contributed by atoms with van der Waals surface area (Å²) in [4.78, 5) is 17.2. The SMILES string of the molecule is O=C(NCc1ccc(CN2CCOCC2)cc1)c1ccc(N2CCOCC2)cc1. The van der Waals surface area contributed by atoms with Crippen LogP contribution in [0.15, 0.2) is 48.5 Å². The topological polar surface area (TPSA) is 54.0 Å². The van der Waals surface area contributed by atoms with Gasteiger partial charge in [-0.25, -0.2) is 0 Å². The second-order valence-electron chi connectivity index (χ2n) is 7.53. The maximum Gasteiger partial charge on any atom is 0.251 e. The van der Waals surface area contributed by atoms with Gasteiger partial charge in [0.15, 0.2) is 0 Å². The second-order valence-corrected chi connectivity index (χ2v) is 7.53. The lowest BCUT2D eigenvalue weighted by Crippen LogP contribution is -2.36. The molecule has 0 bridgehead atoms. The van der Waals surface area contributed by atoms with Gasteiger partial charge in [0.05, 0.1) is 26.4 Å². The lowest BCUT2D eigenvalue weighted by atomic mass is 10.1. The van der Waals surface area contributed by atoms with E-state index in [1.807, 2.05) is 24.3 Å². The Hall–Kier alpha value is -2.41. The van der Waals surface area contributed by atoms with Crippen molar-refractivity contribution in [2.45, 2.75) is 13.1 Å². The van der Waals surface area contributed by atoms with Crippen molar-refractivity contribution in [3.8, 4) is 0 Å². The molecule has 0 aliphatic carbocycles. The van der Waals surface area contributed by atoms with E-state index in [0.717, 1.165) is 70.4 Å². The smallest absolute Gasteiger partial charge is 0.251 e. The Morgan fingerprint density at radius 1 is 0.793 bits per heavy atom. The molecule has 1 amide bonds. The van der Waals surface area contributed by atoms with Crippen LogP contribution in [-0.4, -0.2) is 63.4 Å². The van der Waals surface area contributed by atoms with E-state index in [2.05, 4.69) is 39.4 Å². The zero-order valence-electron chi connectivity index (χ0n) is 16.8. The summed E-state index contributed by atoms with van der Waals surface area (Å²) in [5.74, 6) is -0.0454. The van der Waals surface area contributed by atoms with Gasteiger partial charge in [-0.1, -0.05) is 24.3 Å². The number of morpholine rings is 2. The summed E-state index contributed by atoms with van der Waals surface area (Å²) in [6.45, 7) is 8.40. The molecule has 0 spiro atoms. The maximum absolute atomic E-state index is 12.5. The molecule has 2 saturated heterocycles. The fourth-order valence-corrected chi connectivity index (χ4v) is 3.71. The fraction of sp³-hybridized carbons (Fsp3) is 0.435. The van der Waals surface area contributed by atoms with E-state index in [0.29, 0.717) is 12.1 Å². The summed E-state index contributed by atoms with van der Waals surface area (Å²) in [5.41, 5.74) is 4.22. The van der Waals surface area contributed by atoms with Gasteiger partial charge in [0.2, 0.25) is 0 Å². The highest BCUT2D eigenvalue weighted by Gasteiger charge is 2.13. The number of carbonyl (C=O) groups excluding carboxylic acids is 1. The quantitative estimate of drug-likeness (QED) is 0.813. The van der Waals surface area contributed by atoms with Crippen LogP contribution in [-0.2, 0) is 22.6 Å². The van der Waals surface area contributed by atoms with Crippen molar-refractivity contribution in [1.82, 2.24) is 10.2 Å². The number of benzene rings is 2. The van der Waals surface area contributed by atoms with Crippen molar-refractivity contribution in [3.05, 3.63) is 65.2 Å². The summed E-state index contributed by atoms with van der Waals surface area (Å²) in [6.07, 6.45) is 0. The number of nitrogens with zero attached hydrogens (tertiary/aromatic N) is 2. The number of amides is 1. The highest BCUT2D eigenvalue weighted by atomic mass is 16.5. The Morgan fingerprint density at radius 2 is 1.38 bits per heavy atom. The lowest BCUT2D eigenvalue weighted by molar-refractivity contribution is 0.0342. The monoisotopic (exact) mass is 395 g/mol. The molecule has 0 unspecified atom stereocenters. The molecule has 2 aromatic rings. The van der Waals surface area contributed by atoms with Crippen LogP contribution in [0.2, 0.25) is 0 Å². The molecule has 0 saturated carbocycles. The normalized spacial score (nSPS) is 17.9. The third kappa shape index (κ3) is 5.56. The van der Waals surface area contributed by atoms with Crippen molar-refractivity contribution in [2.75, 3.05) is 57.5 Å². The van der Waals surface area contributed by atoms with Gasteiger partial charge in [-0.15, -0.1) is 0 Å². The summed E-state index contributed by atoms with van der Waals surface area (Å²) in [7, 11) is 0. The number of rotatable bonds is 6. The van der Waals surface area contributed by atoms with Crippen molar-refractivity contribution >= 4 is 11.6 Å². The molecule has 29 heavy (non-hydrogen) atoms. The third-order valence-electron chi connectivity index (χ3n) is 5.49. The van der Waals surface area contributed by atoms with Crippen molar-refractivity contribution < 1.29 is 14.3 Å². The standard InChI is InChI=1S/C23H29N3O3/c27-23(21-5-7-22(8-6-21)26-11-15-29-16-12-26)24-17-19-1-3-20(4-2-19)18-25-9-13-28-14-10-25/h1-8H,9-18H2,(H,24,27). The Bertz CT molecular complexity index is 780. The first-order valence-corrected chi connectivity index (χ1v) is 10.4. The number of hydrogen-bond acceptors (Lipinski definition) is 5. The highest BCUT2D eigenvalue weighted by Crippen LogP contribution is 2.17. The van der Waals surface area contributed by atoms with Crippen molar-refractivity contribution in [3.63, 3.8) is 0 Å². The lowest BCUT2D eigenvalue weighted by Gasteiger charge is -2.28. The predicted molar refractivity (Wildman–Crippen MR) is 113 cm³/mol. The summed E-state index contributed by atoms with van der Waals surface area (Å²) >= 11 is 0. The zero-order valence-corrected chi connectivity index (χ0v) is 16.8. The Morgan fingerprint density at radius 3 is 2.03 bits per heavy atom. The largest absolute Gasteiger partial charge is 0.379 e. The first-order valence-electron chi connectivity index (χ1n) is 10.4.